The Bertz CT molecular complexity index is 167. The molecule has 1 rings (SSSR count). The molecule has 1 aromatic carbocycles. The summed E-state index contributed by atoms with van der Waals surface area (Å²) in [6.07, 6.45) is 0.833. The summed E-state index contributed by atoms with van der Waals surface area (Å²) in [5.74, 6) is 0. The summed E-state index contributed by atoms with van der Waals surface area (Å²) in [4.78, 5) is 10.0. The molecule has 0 aromatic heterocycles. The van der Waals surface area contributed by atoms with Crippen LogP contribution in [0.5, 0.6) is 0 Å². The predicted molar refractivity (Wildman–Crippen MR) is 31.8 cm³/mol. The Hall–Kier alpha value is -1.11. The van der Waals surface area contributed by atoms with Crippen LogP contribution in [0.2, 0.25) is 0 Å². The quantitative estimate of drug-likeness (QED) is 0.398. The topological polar surface area (TPSA) is 17.1 Å². The van der Waals surface area contributed by atoms with Gasteiger partial charge in [0.15, 0.2) is 0 Å². The molecule has 0 N–H and O–H groups in total. The van der Waals surface area contributed by atoms with Crippen LogP contribution in [0.25, 0.3) is 0 Å². The Morgan fingerprint density at radius 3 is 2.12 bits per heavy atom. The zero-order valence-electron chi connectivity index (χ0n) is 4.37. The second-order valence-electron chi connectivity index (χ2n) is 1.53. The van der Waals surface area contributed by atoms with E-state index in [1.807, 2.05) is 18.2 Å². The molecule has 1 nitrogen and oxygen atoms in total. The standard InChI is InChI=1S/C7H6O/c8-6-7-4-2-1-3-5-7/h1-6H/i1+1,2+1,3+1,4+1,5+1,6+1,7+1. The molecular formula is C7H6O. The summed E-state index contributed by atoms with van der Waals surface area (Å²) in [5.41, 5.74) is 0.729. The second-order valence-corrected chi connectivity index (χ2v) is 1.53. The van der Waals surface area contributed by atoms with Crippen molar-refractivity contribution < 1.29 is 4.79 Å². The monoisotopic (exact) mass is 113 g/mol. The molecule has 1 aromatic rings. The van der Waals surface area contributed by atoms with Crippen LogP contribution in [0.1, 0.15) is 10.4 Å². The maximum atomic E-state index is 10.0. The van der Waals surface area contributed by atoms with Crippen LogP contribution >= 0.6 is 0 Å². The van der Waals surface area contributed by atoms with E-state index in [2.05, 4.69) is 0 Å². The zero-order chi connectivity index (χ0) is 5.82. The molecule has 8 heavy (non-hydrogen) atoms. The number of hydrogen-bond acceptors (Lipinski definition) is 1. The molecule has 0 spiro atoms. The highest BCUT2D eigenvalue weighted by Crippen LogP contribution is 1.91. The molecule has 0 heterocycles. The Labute approximate surface area is 48.0 Å². The smallest absolute Gasteiger partial charge is 0.150 e. The van der Waals surface area contributed by atoms with Crippen molar-refractivity contribution in [3.8, 4) is 0 Å². The minimum atomic E-state index is 0.729. The first kappa shape index (κ1) is 5.04. The number of benzene rings is 1. The van der Waals surface area contributed by atoms with Crippen LogP contribution in [0, 0.1) is 0 Å². The summed E-state index contributed by atoms with van der Waals surface area (Å²) in [6.45, 7) is 0. The Morgan fingerprint density at radius 1 is 1.12 bits per heavy atom. The van der Waals surface area contributed by atoms with Crippen molar-refractivity contribution in [3.63, 3.8) is 0 Å². The van der Waals surface area contributed by atoms with E-state index in [9.17, 15) is 4.79 Å². The maximum Gasteiger partial charge on any atom is 0.150 e. The lowest BCUT2D eigenvalue weighted by molar-refractivity contribution is 0.112. The van der Waals surface area contributed by atoms with Gasteiger partial charge in [-0.15, -0.1) is 0 Å². The lowest BCUT2D eigenvalue weighted by atomic mass is 11.2. The lowest BCUT2D eigenvalue weighted by Gasteiger charge is -1.81. The molecule has 0 saturated heterocycles. The minimum Gasteiger partial charge on any atom is -0.298 e. The van der Waals surface area contributed by atoms with Crippen molar-refractivity contribution in [1.82, 2.24) is 0 Å². The van der Waals surface area contributed by atoms with Crippen LogP contribution in [-0.2, 0) is 0 Å². The molecule has 0 fully saturated rings. The molecule has 0 aliphatic carbocycles. The second kappa shape index (κ2) is 2.26. The molecular weight excluding hydrogens is 107 g/mol. The lowest BCUT2D eigenvalue weighted by Crippen LogP contribution is -1.73. The molecule has 0 saturated carbocycles. The summed E-state index contributed by atoms with van der Waals surface area (Å²) in [6, 6.07) is 9.10. The Kier molecular flexibility index (Phi) is 1.42. The van der Waals surface area contributed by atoms with Crippen molar-refractivity contribution in [2.24, 2.45) is 0 Å². The zero-order valence-corrected chi connectivity index (χ0v) is 4.37. The van der Waals surface area contributed by atoms with E-state index in [1.54, 1.807) is 12.1 Å². The molecule has 0 bridgehead atoms. The van der Waals surface area contributed by atoms with Gasteiger partial charge in [-0.2, -0.15) is 0 Å². The van der Waals surface area contributed by atoms with Crippen molar-refractivity contribution in [1.29, 1.82) is 0 Å². The molecule has 1 heteroatoms. The fourth-order valence-electron chi connectivity index (χ4n) is 0.532. The molecule has 40 valence electrons. The molecule has 0 atom stereocenters. The number of carbonyl (C=O) groups excluding carboxylic acids is 1. The van der Waals surface area contributed by atoms with Crippen molar-refractivity contribution >= 4 is 6.29 Å². The highest BCUT2D eigenvalue weighted by Gasteiger charge is 1.79. The van der Waals surface area contributed by atoms with Gasteiger partial charge in [0, 0.05) is 5.56 Å². The maximum absolute atomic E-state index is 10.0. The van der Waals surface area contributed by atoms with E-state index >= 15 is 0 Å². The normalized spacial score (nSPS) is 8.50. The van der Waals surface area contributed by atoms with Crippen molar-refractivity contribution in [2.45, 2.75) is 0 Å². The number of rotatable bonds is 1. The molecule has 0 amide bonds. The van der Waals surface area contributed by atoms with Gasteiger partial charge in [-0.3, -0.25) is 4.79 Å². The highest BCUT2D eigenvalue weighted by atomic mass is 16.2. The van der Waals surface area contributed by atoms with Gasteiger partial charge in [-0.1, -0.05) is 30.3 Å². The van der Waals surface area contributed by atoms with E-state index in [0.29, 0.717) is 0 Å². The summed E-state index contributed by atoms with van der Waals surface area (Å²) >= 11 is 0. The van der Waals surface area contributed by atoms with Gasteiger partial charge < -0.3 is 0 Å². The summed E-state index contributed by atoms with van der Waals surface area (Å²) < 4.78 is 0. The third-order valence-corrected chi connectivity index (χ3v) is 0.936. The van der Waals surface area contributed by atoms with E-state index < -0.39 is 0 Å². The first-order valence-corrected chi connectivity index (χ1v) is 2.44. The van der Waals surface area contributed by atoms with Gasteiger partial charge in [0.1, 0.15) is 6.29 Å². The molecule has 0 radical (unpaired) electrons. The van der Waals surface area contributed by atoms with Crippen LogP contribution in [-0.4, -0.2) is 6.29 Å². The van der Waals surface area contributed by atoms with Gasteiger partial charge in [-0.05, 0) is 0 Å². The van der Waals surface area contributed by atoms with Crippen molar-refractivity contribution in [3.05, 3.63) is 35.9 Å². The van der Waals surface area contributed by atoms with Crippen LogP contribution in [0.4, 0.5) is 0 Å². The van der Waals surface area contributed by atoms with Crippen molar-refractivity contribution in [2.75, 3.05) is 0 Å². The van der Waals surface area contributed by atoms with Crippen LogP contribution in [0.15, 0.2) is 30.3 Å². The average molecular weight is 113 g/mol. The predicted octanol–water partition coefficient (Wildman–Crippen LogP) is 1.50. The third kappa shape index (κ3) is 0.936. The molecule has 0 aliphatic rings. The van der Waals surface area contributed by atoms with Crippen LogP contribution < -0.4 is 0 Å². The molecule has 0 unspecified atom stereocenters. The van der Waals surface area contributed by atoms with Crippen LogP contribution in [0.3, 0.4) is 0 Å². The summed E-state index contributed by atoms with van der Waals surface area (Å²) in [5, 5.41) is 0. The first-order valence-electron chi connectivity index (χ1n) is 2.44. The van der Waals surface area contributed by atoms with Gasteiger partial charge in [0.05, 0.1) is 0 Å². The largest absolute Gasteiger partial charge is 0.298 e. The fraction of sp³-hybridized carbons (Fsp3) is 0. The Morgan fingerprint density at radius 2 is 1.75 bits per heavy atom. The van der Waals surface area contributed by atoms with Gasteiger partial charge >= 0.3 is 0 Å². The number of aldehydes is 1. The number of carbonyl (C=O) groups is 1. The van der Waals surface area contributed by atoms with Gasteiger partial charge in [0.2, 0.25) is 0 Å². The van der Waals surface area contributed by atoms with Gasteiger partial charge in [-0.25, -0.2) is 0 Å². The van der Waals surface area contributed by atoms with Gasteiger partial charge in [0.25, 0.3) is 0 Å². The SMILES string of the molecule is O=[13CH][13c]1[13cH][13cH][13cH][13cH][13cH]1. The van der Waals surface area contributed by atoms with E-state index in [-0.39, 0.29) is 0 Å². The van der Waals surface area contributed by atoms with E-state index in [4.69, 9.17) is 0 Å². The summed E-state index contributed by atoms with van der Waals surface area (Å²) in [7, 11) is 0. The third-order valence-electron chi connectivity index (χ3n) is 0.936. The average Bonchev–Trinajstić information content (AvgIpc) is 1.90. The molecule has 0 aliphatic heterocycles. The Balaban J connectivity index is 2.99. The minimum absolute atomic E-state index is 0.729. The number of hydrogen-bond donors (Lipinski definition) is 0. The fourth-order valence-corrected chi connectivity index (χ4v) is 0.532. The van der Waals surface area contributed by atoms with E-state index in [0.717, 1.165) is 11.8 Å². The highest BCUT2D eigenvalue weighted by molar-refractivity contribution is 5.74. The van der Waals surface area contributed by atoms with E-state index in [1.165, 1.54) is 0 Å². The first-order chi connectivity index (χ1) is 3.93.